The first-order valence-electron chi connectivity index (χ1n) is 11.2. The first-order valence-corrected chi connectivity index (χ1v) is 11.2. The monoisotopic (exact) mass is 414 g/mol. The molecule has 1 N–H and O–H groups in total. The van der Waals surface area contributed by atoms with Crippen molar-refractivity contribution in [2.24, 2.45) is 0 Å². The van der Waals surface area contributed by atoms with E-state index in [1.807, 2.05) is 35.2 Å². The van der Waals surface area contributed by atoms with Gasteiger partial charge in [0.2, 0.25) is 0 Å². The predicted octanol–water partition coefficient (Wildman–Crippen LogP) is 7.73. The van der Waals surface area contributed by atoms with E-state index in [0.717, 1.165) is 23.4 Å². The van der Waals surface area contributed by atoms with E-state index in [0.29, 0.717) is 18.4 Å². The Morgan fingerprint density at radius 3 is 1.87 bits per heavy atom. The van der Waals surface area contributed by atoms with Crippen LogP contribution in [-0.2, 0) is 13.0 Å². The van der Waals surface area contributed by atoms with Crippen molar-refractivity contribution in [2.75, 3.05) is 10.2 Å². The molecule has 3 aromatic carbocycles. The maximum absolute atomic E-state index is 13.6. The van der Waals surface area contributed by atoms with Crippen molar-refractivity contribution in [3.05, 3.63) is 95.1 Å². The van der Waals surface area contributed by atoms with E-state index in [4.69, 9.17) is 0 Å². The van der Waals surface area contributed by atoms with Gasteiger partial charge >= 0.3 is 6.03 Å². The molecule has 0 aliphatic carbocycles. The topological polar surface area (TPSA) is 32.3 Å². The largest absolute Gasteiger partial charge is 0.326 e. The molecule has 0 saturated heterocycles. The number of anilines is 2. The summed E-state index contributed by atoms with van der Waals surface area (Å²) in [6, 6.07) is 24.6. The number of nitrogens with one attached hydrogen (secondary N) is 1. The molecule has 31 heavy (non-hydrogen) atoms. The third kappa shape index (κ3) is 5.55. The number of nitrogens with zero attached hydrogens (tertiary/aromatic N) is 1. The summed E-state index contributed by atoms with van der Waals surface area (Å²) in [6.45, 7) is 11.3. The summed E-state index contributed by atoms with van der Waals surface area (Å²) in [6.07, 6.45) is 0.977. The average Bonchev–Trinajstić information content (AvgIpc) is 2.78. The highest BCUT2D eigenvalue weighted by Gasteiger charge is 2.21. The highest BCUT2D eigenvalue weighted by atomic mass is 16.2. The zero-order valence-corrected chi connectivity index (χ0v) is 19.4. The van der Waals surface area contributed by atoms with Crippen molar-refractivity contribution >= 4 is 17.4 Å². The zero-order chi connectivity index (χ0) is 22.4. The lowest BCUT2D eigenvalue weighted by Gasteiger charge is -2.26. The molecule has 0 saturated carbocycles. The van der Waals surface area contributed by atoms with Gasteiger partial charge in [-0.15, -0.1) is 0 Å². The summed E-state index contributed by atoms with van der Waals surface area (Å²) in [5.41, 5.74) is 6.53. The standard InChI is InChI=1S/C28H34N2O/c1-6-22-15-17-24(18-16-22)30(19-23-11-8-7-9-12-23)28(31)29-27-25(20(2)3)13-10-14-26(27)21(4)5/h7-18,20-21H,6,19H2,1-5H3,(H,29,31). The average molecular weight is 415 g/mol. The number of hydrogen-bond acceptors (Lipinski definition) is 1. The molecule has 0 spiro atoms. The molecule has 0 unspecified atom stereocenters. The van der Waals surface area contributed by atoms with E-state index >= 15 is 0 Å². The summed E-state index contributed by atoms with van der Waals surface area (Å²) in [4.78, 5) is 15.5. The molecule has 2 amide bonds. The summed E-state index contributed by atoms with van der Waals surface area (Å²) in [5, 5.41) is 3.28. The molecule has 3 nitrogen and oxygen atoms in total. The Morgan fingerprint density at radius 1 is 0.774 bits per heavy atom. The molecule has 3 rings (SSSR count). The van der Waals surface area contributed by atoms with E-state index in [1.54, 1.807) is 0 Å². The number of benzene rings is 3. The number of aryl methyl sites for hydroxylation is 1. The van der Waals surface area contributed by atoms with Gasteiger partial charge in [-0.2, -0.15) is 0 Å². The molecule has 0 radical (unpaired) electrons. The van der Waals surface area contributed by atoms with Gasteiger partial charge < -0.3 is 5.32 Å². The Labute approximate surface area is 187 Å². The Hall–Kier alpha value is -3.07. The summed E-state index contributed by atoms with van der Waals surface area (Å²) in [7, 11) is 0. The van der Waals surface area contributed by atoms with E-state index in [1.165, 1.54) is 16.7 Å². The van der Waals surface area contributed by atoms with Gasteiger partial charge in [0.1, 0.15) is 0 Å². The van der Waals surface area contributed by atoms with Crippen LogP contribution in [0.2, 0.25) is 0 Å². The van der Waals surface area contributed by atoms with Crippen LogP contribution < -0.4 is 10.2 Å². The van der Waals surface area contributed by atoms with Gasteiger partial charge in [0.05, 0.1) is 6.54 Å². The number of para-hydroxylation sites is 1. The molecule has 0 aliphatic heterocycles. The molecular formula is C28H34N2O. The first-order chi connectivity index (χ1) is 14.9. The van der Waals surface area contributed by atoms with E-state index in [2.05, 4.69) is 82.4 Å². The minimum atomic E-state index is -0.108. The van der Waals surface area contributed by atoms with Gasteiger partial charge in [-0.3, -0.25) is 4.90 Å². The second-order valence-corrected chi connectivity index (χ2v) is 8.64. The fourth-order valence-electron chi connectivity index (χ4n) is 3.83. The predicted molar refractivity (Wildman–Crippen MR) is 132 cm³/mol. The lowest BCUT2D eigenvalue weighted by Crippen LogP contribution is -2.35. The van der Waals surface area contributed by atoms with Crippen molar-refractivity contribution in [3.8, 4) is 0 Å². The zero-order valence-electron chi connectivity index (χ0n) is 19.4. The minimum absolute atomic E-state index is 0.108. The number of urea groups is 1. The normalized spacial score (nSPS) is 11.1. The quantitative estimate of drug-likeness (QED) is 0.421. The van der Waals surface area contributed by atoms with Crippen molar-refractivity contribution in [2.45, 2.75) is 59.4 Å². The van der Waals surface area contributed by atoms with Crippen LogP contribution in [0.5, 0.6) is 0 Å². The summed E-state index contributed by atoms with van der Waals surface area (Å²) >= 11 is 0. The Morgan fingerprint density at radius 2 is 1.35 bits per heavy atom. The molecule has 0 heterocycles. The van der Waals surface area contributed by atoms with Gasteiger partial charge in [0.15, 0.2) is 0 Å². The fraction of sp³-hybridized carbons (Fsp3) is 0.321. The number of carbonyl (C=O) groups excluding carboxylic acids is 1. The van der Waals surface area contributed by atoms with Crippen LogP contribution in [0.25, 0.3) is 0 Å². The van der Waals surface area contributed by atoms with E-state index in [-0.39, 0.29) is 6.03 Å². The Bertz CT molecular complexity index is 965. The van der Waals surface area contributed by atoms with Crippen LogP contribution in [0.4, 0.5) is 16.2 Å². The van der Waals surface area contributed by atoms with Crippen LogP contribution in [0.15, 0.2) is 72.8 Å². The van der Waals surface area contributed by atoms with Gasteiger partial charge in [0, 0.05) is 11.4 Å². The molecule has 0 bridgehead atoms. The van der Waals surface area contributed by atoms with Crippen LogP contribution in [0.1, 0.15) is 68.7 Å². The van der Waals surface area contributed by atoms with Gasteiger partial charge in [0.25, 0.3) is 0 Å². The van der Waals surface area contributed by atoms with Crippen LogP contribution in [0.3, 0.4) is 0 Å². The molecule has 0 aliphatic rings. The second kappa shape index (κ2) is 10.3. The Balaban J connectivity index is 1.99. The molecule has 0 fully saturated rings. The van der Waals surface area contributed by atoms with Gasteiger partial charge in [-0.05, 0) is 52.6 Å². The molecule has 162 valence electrons. The minimum Gasteiger partial charge on any atom is -0.307 e. The number of carbonyl (C=O) groups is 1. The molecule has 0 atom stereocenters. The van der Waals surface area contributed by atoms with E-state index < -0.39 is 0 Å². The highest BCUT2D eigenvalue weighted by molar-refractivity contribution is 6.02. The number of rotatable bonds is 7. The molecule has 3 aromatic rings. The second-order valence-electron chi connectivity index (χ2n) is 8.64. The first kappa shape index (κ1) is 22.6. The molecule has 0 aromatic heterocycles. The third-order valence-electron chi connectivity index (χ3n) is 5.69. The Kier molecular flexibility index (Phi) is 7.51. The number of amides is 2. The smallest absolute Gasteiger partial charge is 0.307 e. The lowest BCUT2D eigenvalue weighted by molar-refractivity contribution is 0.256. The third-order valence-corrected chi connectivity index (χ3v) is 5.69. The molecule has 3 heteroatoms. The maximum atomic E-state index is 13.6. The number of hydrogen-bond donors (Lipinski definition) is 1. The lowest BCUT2D eigenvalue weighted by atomic mass is 9.93. The van der Waals surface area contributed by atoms with Crippen molar-refractivity contribution < 1.29 is 4.79 Å². The maximum Gasteiger partial charge on any atom is 0.326 e. The summed E-state index contributed by atoms with van der Waals surface area (Å²) in [5.74, 6) is 0.640. The van der Waals surface area contributed by atoms with Gasteiger partial charge in [-0.1, -0.05) is 95.3 Å². The van der Waals surface area contributed by atoms with Crippen LogP contribution in [-0.4, -0.2) is 6.03 Å². The fourth-order valence-corrected chi connectivity index (χ4v) is 3.83. The van der Waals surface area contributed by atoms with E-state index in [9.17, 15) is 4.79 Å². The van der Waals surface area contributed by atoms with Crippen molar-refractivity contribution in [1.82, 2.24) is 0 Å². The highest BCUT2D eigenvalue weighted by Crippen LogP contribution is 2.33. The van der Waals surface area contributed by atoms with Gasteiger partial charge in [-0.25, -0.2) is 4.79 Å². The van der Waals surface area contributed by atoms with Crippen LogP contribution in [0, 0.1) is 0 Å². The SMILES string of the molecule is CCc1ccc(N(Cc2ccccc2)C(=O)Nc2c(C(C)C)cccc2C(C)C)cc1. The van der Waals surface area contributed by atoms with Crippen LogP contribution >= 0.6 is 0 Å². The van der Waals surface area contributed by atoms with Crippen molar-refractivity contribution in [3.63, 3.8) is 0 Å². The van der Waals surface area contributed by atoms with Crippen molar-refractivity contribution in [1.29, 1.82) is 0 Å². The summed E-state index contributed by atoms with van der Waals surface area (Å²) < 4.78 is 0. The molecular weight excluding hydrogens is 380 g/mol.